The van der Waals surface area contributed by atoms with Gasteiger partial charge in [-0.3, -0.25) is 10.1 Å². The first-order chi connectivity index (χ1) is 8.61. The Labute approximate surface area is 105 Å². The number of ether oxygens (including phenoxy) is 1. The van der Waals surface area contributed by atoms with Gasteiger partial charge >= 0.3 is 5.69 Å². The smallest absolute Gasteiger partial charge is 0.330 e. The lowest BCUT2D eigenvalue weighted by Crippen LogP contribution is -2.28. The molecule has 0 saturated heterocycles. The van der Waals surface area contributed by atoms with E-state index in [1.807, 2.05) is 0 Å². The van der Waals surface area contributed by atoms with E-state index >= 15 is 0 Å². The second-order valence-corrected chi connectivity index (χ2v) is 4.62. The fraction of sp³-hybridized carbons (Fsp3) is 0.583. The van der Waals surface area contributed by atoms with E-state index in [0.29, 0.717) is 12.2 Å². The van der Waals surface area contributed by atoms with Crippen LogP contribution in [0.3, 0.4) is 0 Å². The first-order valence-corrected chi connectivity index (χ1v) is 6.10. The number of aromatic nitrogens is 1. The van der Waals surface area contributed by atoms with Gasteiger partial charge in [0.1, 0.15) is 6.10 Å². The summed E-state index contributed by atoms with van der Waals surface area (Å²) in [5.74, 6) is 0.386. The minimum absolute atomic E-state index is 0.0528. The van der Waals surface area contributed by atoms with E-state index in [9.17, 15) is 10.1 Å². The molecule has 0 amide bonds. The average Bonchev–Trinajstić information content (AvgIpc) is 2.76. The van der Waals surface area contributed by atoms with Gasteiger partial charge in [-0.25, -0.2) is 4.98 Å². The van der Waals surface area contributed by atoms with Crippen LogP contribution in [0.4, 0.5) is 5.69 Å². The molecule has 2 N–H and O–H groups in total. The number of aryl methyl sites for hydroxylation is 1. The van der Waals surface area contributed by atoms with Gasteiger partial charge in [0.25, 0.3) is 5.88 Å². The molecule has 0 aromatic carbocycles. The molecular weight excluding hydrogens is 234 g/mol. The Balaban J connectivity index is 2.22. The Morgan fingerprint density at radius 3 is 3.00 bits per heavy atom. The van der Waals surface area contributed by atoms with E-state index in [0.717, 1.165) is 19.3 Å². The molecule has 2 atom stereocenters. The maximum absolute atomic E-state index is 10.9. The summed E-state index contributed by atoms with van der Waals surface area (Å²) in [6.45, 7) is 2.33. The lowest BCUT2D eigenvalue weighted by molar-refractivity contribution is -0.386. The highest BCUT2D eigenvalue weighted by molar-refractivity contribution is 5.41. The van der Waals surface area contributed by atoms with Crippen LogP contribution in [0.2, 0.25) is 0 Å². The van der Waals surface area contributed by atoms with Gasteiger partial charge in [0, 0.05) is 17.7 Å². The van der Waals surface area contributed by atoms with Crippen LogP contribution < -0.4 is 10.5 Å². The summed E-state index contributed by atoms with van der Waals surface area (Å²) in [4.78, 5) is 14.6. The fourth-order valence-electron chi connectivity index (χ4n) is 2.32. The third kappa shape index (κ3) is 2.59. The largest absolute Gasteiger partial charge is 0.469 e. The van der Waals surface area contributed by atoms with Crippen LogP contribution in [0.1, 0.15) is 25.0 Å². The average molecular weight is 251 g/mol. The molecule has 1 fully saturated rings. The van der Waals surface area contributed by atoms with Gasteiger partial charge in [-0.15, -0.1) is 0 Å². The number of nitrogens with two attached hydrogens (primary N) is 1. The summed E-state index contributed by atoms with van der Waals surface area (Å²) in [6, 6.07) is 3.05. The molecule has 98 valence electrons. The van der Waals surface area contributed by atoms with Crippen molar-refractivity contribution in [2.24, 2.45) is 11.7 Å². The van der Waals surface area contributed by atoms with E-state index in [1.54, 1.807) is 13.0 Å². The zero-order valence-electron chi connectivity index (χ0n) is 10.3. The molecule has 1 heterocycles. The first kappa shape index (κ1) is 12.8. The maximum Gasteiger partial charge on any atom is 0.330 e. The van der Waals surface area contributed by atoms with Crippen molar-refractivity contribution < 1.29 is 9.66 Å². The molecule has 2 rings (SSSR count). The van der Waals surface area contributed by atoms with Crippen molar-refractivity contribution in [3.8, 4) is 5.88 Å². The highest BCUT2D eigenvalue weighted by Gasteiger charge is 2.30. The third-order valence-corrected chi connectivity index (χ3v) is 3.33. The molecule has 1 aromatic rings. The molecule has 18 heavy (non-hydrogen) atoms. The zero-order valence-corrected chi connectivity index (χ0v) is 10.3. The second-order valence-electron chi connectivity index (χ2n) is 4.62. The van der Waals surface area contributed by atoms with Gasteiger partial charge in [0.05, 0.1) is 4.92 Å². The number of hydrogen-bond acceptors (Lipinski definition) is 5. The Morgan fingerprint density at radius 2 is 2.33 bits per heavy atom. The van der Waals surface area contributed by atoms with Crippen LogP contribution in [-0.4, -0.2) is 22.6 Å². The summed E-state index contributed by atoms with van der Waals surface area (Å²) in [6.07, 6.45) is 2.89. The lowest BCUT2D eigenvalue weighted by Gasteiger charge is -2.19. The summed E-state index contributed by atoms with van der Waals surface area (Å²) < 4.78 is 5.72. The second kappa shape index (κ2) is 5.30. The van der Waals surface area contributed by atoms with Gasteiger partial charge < -0.3 is 10.5 Å². The topological polar surface area (TPSA) is 91.3 Å². The predicted octanol–water partition coefficient (Wildman–Crippen LogP) is 1.80. The Kier molecular flexibility index (Phi) is 3.76. The van der Waals surface area contributed by atoms with E-state index in [-0.39, 0.29) is 23.6 Å². The SMILES string of the molecule is Cc1ccc([N+](=O)[O-])c(OC2CCCC2CN)n1. The number of nitrogens with zero attached hydrogens (tertiary/aromatic N) is 2. The summed E-state index contributed by atoms with van der Waals surface area (Å²) >= 11 is 0. The van der Waals surface area contributed by atoms with Crippen LogP contribution in [-0.2, 0) is 0 Å². The minimum Gasteiger partial charge on any atom is -0.469 e. The van der Waals surface area contributed by atoms with Crippen molar-refractivity contribution in [1.29, 1.82) is 0 Å². The van der Waals surface area contributed by atoms with Crippen LogP contribution >= 0.6 is 0 Å². The first-order valence-electron chi connectivity index (χ1n) is 6.10. The molecule has 2 unspecified atom stereocenters. The van der Waals surface area contributed by atoms with Crippen molar-refractivity contribution in [2.75, 3.05) is 6.54 Å². The van der Waals surface area contributed by atoms with E-state index in [4.69, 9.17) is 10.5 Å². The highest BCUT2D eigenvalue weighted by atomic mass is 16.6. The van der Waals surface area contributed by atoms with Crippen LogP contribution in [0.25, 0.3) is 0 Å². The predicted molar refractivity (Wildman–Crippen MR) is 66.4 cm³/mol. The van der Waals surface area contributed by atoms with Gasteiger partial charge in [-0.05, 0) is 38.8 Å². The van der Waals surface area contributed by atoms with Crippen molar-refractivity contribution in [3.63, 3.8) is 0 Å². The standard InChI is InChI=1S/C12H17N3O3/c1-8-5-6-10(15(16)17)12(14-8)18-11-4-2-3-9(11)7-13/h5-6,9,11H,2-4,7,13H2,1H3. The molecule has 1 saturated carbocycles. The summed E-state index contributed by atoms with van der Waals surface area (Å²) in [7, 11) is 0. The normalized spacial score (nSPS) is 23.0. The zero-order chi connectivity index (χ0) is 13.1. The van der Waals surface area contributed by atoms with Crippen molar-refractivity contribution in [2.45, 2.75) is 32.3 Å². The van der Waals surface area contributed by atoms with Crippen LogP contribution in [0.5, 0.6) is 5.88 Å². The molecule has 0 bridgehead atoms. The highest BCUT2D eigenvalue weighted by Crippen LogP contribution is 2.32. The molecule has 6 nitrogen and oxygen atoms in total. The fourth-order valence-corrected chi connectivity index (χ4v) is 2.32. The summed E-state index contributed by atoms with van der Waals surface area (Å²) in [5.41, 5.74) is 6.30. The van der Waals surface area contributed by atoms with Crippen LogP contribution in [0.15, 0.2) is 12.1 Å². The number of rotatable bonds is 4. The molecular formula is C12H17N3O3. The molecule has 1 aliphatic carbocycles. The van der Waals surface area contributed by atoms with E-state index in [2.05, 4.69) is 4.98 Å². The quantitative estimate of drug-likeness (QED) is 0.650. The van der Waals surface area contributed by atoms with Crippen LogP contribution in [0, 0.1) is 23.0 Å². The van der Waals surface area contributed by atoms with E-state index < -0.39 is 4.92 Å². The molecule has 0 aliphatic heterocycles. The molecule has 1 aromatic heterocycles. The van der Waals surface area contributed by atoms with Crippen molar-refractivity contribution in [3.05, 3.63) is 27.9 Å². The monoisotopic (exact) mass is 251 g/mol. The van der Waals surface area contributed by atoms with Gasteiger partial charge in [0.2, 0.25) is 0 Å². The van der Waals surface area contributed by atoms with Crippen molar-refractivity contribution in [1.82, 2.24) is 4.98 Å². The third-order valence-electron chi connectivity index (χ3n) is 3.33. The number of nitro groups is 1. The summed E-state index contributed by atoms with van der Waals surface area (Å²) in [5, 5.41) is 10.9. The van der Waals surface area contributed by atoms with Crippen molar-refractivity contribution >= 4 is 5.69 Å². The van der Waals surface area contributed by atoms with Gasteiger partial charge in [0.15, 0.2) is 0 Å². The van der Waals surface area contributed by atoms with Gasteiger partial charge in [-0.2, -0.15) is 0 Å². The minimum atomic E-state index is -0.464. The molecule has 0 spiro atoms. The lowest BCUT2D eigenvalue weighted by atomic mass is 10.1. The molecule has 6 heteroatoms. The van der Waals surface area contributed by atoms with Gasteiger partial charge in [-0.1, -0.05) is 0 Å². The number of pyridine rings is 1. The Morgan fingerprint density at radius 1 is 1.56 bits per heavy atom. The Bertz CT molecular complexity index is 450. The molecule has 0 radical (unpaired) electrons. The maximum atomic E-state index is 10.9. The Hall–Kier alpha value is -1.69. The molecule has 1 aliphatic rings. The number of hydrogen-bond donors (Lipinski definition) is 1. The van der Waals surface area contributed by atoms with E-state index in [1.165, 1.54) is 6.07 Å².